The van der Waals surface area contributed by atoms with E-state index in [1.165, 1.54) is 0 Å². The van der Waals surface area contributed by atoms with Crippen LogP contribution in [0.2, 0.25) is 0 Å². The first-order valence-corrected chi connectivity index (χ1v) is 7.61. The number of carbonyl (C=O) groups excluding carboxylic acids is 1. The van der Waals surface area contributed by atoms with Gasteiger partial charge in [0.25, 0.3) is 5.89 Å². The number of hydrogen-bond donors (Lipinski definition) is 0. The topological polar surface area (TPSA) is 77.7 Å². The van der Waals surface area contributed by atoms with Crippen molar-refractivity contribution < 1.29 is 18.8 Å². The molecule has 0 aliphatic carbocycles. The van der Waals surface area contributed by atoms with Gasteiger partial charge in [-0.15, -0.1) is 0 Å². The Kier molecular flexibility index (Phi) is 5.33. The Balaban J connectivity index is 1.44. The van der Waals surface area contributed by atoms with E-state index in [9.17, 15) is 4.79 Å². The fourth-order valence-corrected chi connectivity index (χ4v) is 2.33. The van der Waals surface area contributed by atoms with Crippen LogP contribution in [0.5, 0.6) is 0 Å². The molecule has 0 spiro atoms. The molecule has 1 fully saturated rings. The molecule has 1 aromatic carbocycles. The molecule has 0 saturated carbocycles. The van der Waals surface area contributed by atoms with Crippen molar-refractivity contribution in [2.24, 2.45) is 0 Å². The first-order valence-electron chi connectivity index (χ1n) is 7.61. The Morgan fingerprint density at radius 3 is 2.78 bits per heavy atom. The molecule has 122 valence electrons. The van der Waals surface area contributed by atoms with Crippen molar-refractivity contribution in [2.45, 2.75) is 13.0 Å². The van der Waals surface area contributed by atoms with E-state index >= 15 is 0 Å². The SMILES string of the molecule is O=C(CN1CCOCC1)OCc1nc(Cc2ccccc2)no1. The van der Waals surface area contributed by atoms with E-state index in [0.717, 1.165) is 18.7 Å². The summed E-state index contributed by atoms with van der Waals surface area (Å²) in [4.78, 5) is 18.0. The van der Waals surface area contributed by atoms with Crippen molar-refractivity contribution in [1.29, 1.82) is 0 Å². The van der Waals surface area contributed by atoms with Crippen LogP contribution in [-0.2, 0) is 27.3 Å². The van der Waals surface area contributed by atoms with Crippen LogP contribution in [0.1, 0.15) is 17.3 Å². The van der Waals surface area contributed by atoms with Gasteiger partial charge >= 0.3 is 5.97 Å². The predicted molar refractivity (Wildman–Crippen MR) is 80.6 cm³/mol. The zero-order valence-corrected chi connectivity index (χ0v) is 12.8. The summed E-state index contributed by atoms with van der Waals surface area (Å²) in [5.74, 6) is 0.594. The van der Waals surface area contributed by atoms with E-state index in [4.69, 9.17) is 14.0 Å². The minimum Gasteiger partial charge on any atom is -0.455 e. The highest BCUT2D eigenvalue weighted by Crippen LogP contribution is 2.07. The van der Waals surface area contributed by atoms with Crippen molar-refractivity contribution in [1.82, 2.24) is 15.0 Å². The standard InChI is InChI=1S/C16H19N3O4/c20-16(11-19-6-8-21-9-7-19)22-12-15-17-14(18-23-15)10-13-4-2-1-3-5-13/h1-5H,6-12H2. The third-order valence-corrected chi connectivity index (χ3v) is 3.53. The molecule has 0 bridgehead atoms. The number of rotatable bonds is 6. The molecule has 2 aromatic rings. The zero-order chi connectivity index (χ0) is 15.9. The van der Waals surface area contributed by atoms with Crippen molar-refractivity contribution in [3.05, 3.63) is 47.6 Å². The average Bonchev–Trinajstić information content (AvgIpc) is 3.02. The lowest BCUT2D eigenvalue weighted by Crippen LogP contribution is -2.40. The van der Waals surface area contributed by atoms with E-state index in [0.29, 0.717) is 31.3 Å². The van der Waals surface area contributed by atoms with Gasteiger partial charge in [0.2, 0.25) is 0 Å². The molecule has 1 saturated heterocycles. The first-order chi connectivity index (χ1) is 11.3. The Hall–Kier alpha value is -2.25. The Bertz CT molecular complexity index is 623. The number of carbonyl (C=O) groups is 1. The maximum atomic E-state index is 11.8. The number of morpholine rings is 1. The van der Waals surface area contributed by atoms with E-state index in [1.54, 1.807) is 0 Å². The van der Waals surface area contributed by atoms with E-state index in [1.807, 2.05) is 35.2 Å². The van der Waals surface area contributed by atoms with Crippen molar-refractivity contribution in [3.8, 4) is 0 Å². The third-order valence-electron chi connectivity index (χ3n) is 3.53. The van der Waals surface area contributed by atoms with Gasteiger partial charge in [-0.1, -0.05) is 35.5 Å². The highest BCUT2D eigenvalue weighted by atomic mass is 16.6. The highest BCUT2D eigenvalue weighted by Gasteiger charge is 2.16. The Labute approximate surface area is 134 Å². The van der Waals surface area contributed by atoms with Crippen LogP contribution in [0, 0.1) is 0 Å². The van der Waals surface area contributed by atoms with E-state index < -0.39 is 0 Å². The second kappa shape index (κ2) is 7.85. The summed E-state index contributed by atoms with van der Waals surface area (Å²) in [6.45, 7) is 3.06. The molecule has 2 heterocycles. The molecule has 0 unspecified atom stereocenters. The minimum atomic E-state index is -0.297. The lowest BCUT2D eigenvalue weighted by molar-refractivity contribution is -0.148. The molecular weight excluding hydrogens is 298 g/mol. The largest absolute Gasteiger partial charge is 0.455 e. The summed E-state index contributed by atoms with van der Waals surface area (Å²) in [6, 6.07) is 9.88. The molecule has 1 aliphatic heterocycles. The molecule has 0 atom stereocenters. The smallest absolute Gasteiger partial charge is 0.320 e. The fourth-order valence-electron chi connectivity index (χ4n) is 2.33. The van der Waals surface area contributed by atoms with Gasteiger partial charge in [-0.25, -0.2) is 0 Å². The minimum absolute atomic E-state index is 0.00492. The molecule has 0 radical (unpaired) electrons. The molecule has 1 aliphatic rings. The van der Waals surface area contributed by atoms with Gasteiger partial charge in [0, 0.05) is 19.5 Å². The van der Waals surface area contributed by atoms with Crippen LogP contribution >= 0.6 is 0 Å². The molecule has 0 amide bonds. The quantitative estimate of drug-likeness (QED) is 0.737. The number of hydrogen-bond acceptors (Lipinski definition) is 7. The summed E-state index contributed by atoms with van der Waals surface area (Å²) in [6.07, 6.45) is 0.589. The monoisotopic (exact) mass is 317 g/mol. The second-order valence-electron chi connectivity index (χ2n) is 5.32. The first kappa shape index (κ1) is 15.6. The maximum Gasteiger partial charge on any atom is 0.320 e. The lowest BCUT2D eigenvalue weighted by Gasteiger charge is -2.25. The van der Waals surface area contributed by atoms with E-state index in [-0.39, 0.29) is 19.1 Å². The summed E-state index contributed by atoms with van der Waals surface area (Å²) in [7, 11) is 0. The van der Waals surface area contributed by atoms with Crippen LogP contribution < -0.4 is 0 Å². The van der Waals surface area contributed by atoms with Gasteiger partial charge in [-0.3, -0.25) is 9.69 Å². The number of ether oxygens (including phenoxy) is 2. The predicted octanol–water partition coefficient (Wildman–Crippen LogP) is 1.04. The molecule has 0 N–H and O–H groups in total. The molecule has 1 aromatic heterocycles. The van der Waals surface area contributed by atoms with Gasteiger partial charge in [-0.2, -0.15) is 4.98 Å². The van der Waals surface area contributed by atoms with E-state index in [2.05, 4.69) is 10.1 Å². The molecular formula is C16H19N3O4. The Morgan fingerprint density at radius 1 is 1.22 bits per heavy atom. The van der Waals surface area contributed by atoms with Crippen LogP contribution in [0.4, 0.5) is 0 Å². The average molecular weight is 317 g/mol. The van der Waals surface area contributed by atoms with Crippen molar-refractivity contribution in [3.63, 3.8) is 0 Å². The number of benzene rings is 1. The number of aromatic nitrogens is 2. The zero-order valence-electron chi connectivity index (χ0n) is 12.8. The van der Waals surface area contributed by atoms with Gasteiger partial charge in [0.05, 0.1) is 19.8 Å². The van der Waals surface area contributed by atoms with Gasteiger partial charge < -0.3 is 14.0 Å². The maximum absolute atomic E-state index is 11.8. The summed E-state index contributed by atoms with van der Waals surface area (Å²) < 4.78 is 15.5. The number of nitrogens with zero attached hydrogens (tertiary/aromatic N) is 3. The van der Waals surface area contributed by atoms with Crippen LogP contribution in [0.15, 0.2) is 34.9 Å². The van der Waals surface area contributed by atoms with Crippen molar-refractivity contribution >= 4 is 5.97 Å². The van der Waals surface area contributed by atoms with Gasteiger partial charge in [0.1, 0.15) is 0 Å². The summed E-state index contributed by atoms with van der Waals surface area (Å²) in [5.41, 5.74) is 1.10. The normalized spacial score (nSPS) is 15.5. The Morgan fingerprint density at radius 2 is 2.00 bits per heavy atom. The highest BCUT2D eigenvalue weighted by molar-refractivity contribution is 5.71. The summed E-state index contributed by atoms with van der Waals surface area (Å²) >= 11 is 0. The van der Waals surface area contributed by atoms with Crippen LogP contribution in [-0.4, -0.2) is 53.9 Å². The number of esters is 1. The van der Waals surface area contributed by atoms with Gasteiger partial charge in [0.15, 0.2) is 12.4 Å². The van der Waals surface area contributed by atoms with Gasteiger partial charge in [-0.05, 0) is 5.56 Å². The lowest BCUT2D eigenvalue weighted by atomic mass is 10.1. The molecule has 23 heavy (non-hydrogen) atoms. The fraction of sp³-hybridized carbons (Fsp3) is 0.438. The molecule has 3 rings (SSSR count). The molecule has 7 heteroatoms. The second-order valence-corrected chi connectivity index (χ2v) is 5.32. The van der Waals surface area contributed by atoms with Crippen molar-refractivity contribution in [2.75, 3.05) is 32.8 Å². The third kappa shape index (κ3) is 4.87. The van der Waals surface area contributed by atoms with Crippen LogP contribution in [0.25, 0.3) is 0 Å². The van der Waals surface area contributed by atoms with Crippen LogP contribution in [0.3, 0.4) is 0 Å². The molecule has 7 nitrogen and oxygen atoms in total. The summed E-state index contributed by atoms with van der Waals surface area (Å²) in [5, 5.41) is 3.90.